The van der Waals surface area contributed by atoms with Crippen LogP contribution in [0.4, 0.5) is 20.6 Å². The number of anilines is 2. The maximum atomic E-state index is 14.5. The quantitative estimate of drug-likeness (QED) is 0.210. The third-order valence-corrected chi connectivity index (χ3v) is 9.64. The van der Waals surface area contributed by atoms with Crippen LogP contribution in [0.15, 0.2) is 71.5 Å². The number of nitrogens with two attached hydrogens (primary N) is 1. The number of nitrogens with one attached hydrogen (secondary N) is 1. The first-order valence-electron chi connectivity index (χ1n) is 17.7. The molecule has 1 saturated heterocycles. The van der Waals surface area contributed by atoms with Crippen molar-refractivity contribution < 1.29 is 23.5 Å². The van der Waals surface area contributed by atoms with E-state index in [0.29, 0.717) is 90.8 Å². The zero-order valence-electron chi connectivity index (χ0n) is 29.0. The molecular weight excluding hydrogens is 653 g/mol. The number of carbonyl (C=O) groups is 2. The summed E-state index contributed by atoms with van der Waals surface area (Å²) in [7, 11) is 0. The van der Waals surface area contributed by atoms with E-state index in [0.717, 1.165) is 25.7 Å². The second-order valence-corrected chi connectivity index (χ2v) is 13.8. The Morgan fingerprint density at radius 2 is 1.61 bits per heavy atom. The van der Waals surface area contributed by atoms with Crippen molar-refractivity contribution in [2.75, 3.05) is 54.6 Å². The predicted molar refractivity (Wildman–Crippen MR) is 193 cm³/mol. The van der Waals surface area contributed by atoms with Crippen LogP contribution in [0.2, 0.25) is 0 Å². The number of para-hydroxylation sites is 1. The van der Waals surface area contributed by atoms with Gasteiger partial charge in [0.15, 0.2) is 5.82 Å². The number of nitrogens with zero attached hydrogens (tertiary/aromatic N) is 5. The van der Waals surface area contributed by atoms with Crippen LogP contribution < -0.4 is 36.0 Å². The zero-order chi connectivity index (χ0) is 35.6. The van der Waals surface area contributed by atoms with Crippen LogP contribution in [0.1, 0.15) is 51.4 Å². The highest BCUT2D eigenvalue weighted by Gasteiger charge is 2.34. The third-order valence-electron chi connectivity index (χ3n) is 9.64. The Balaban J connectivity index is 1.31. The largest absolute Gasteiger partial charge is 0.493 e. The highest BCUT2D eigenvalue weighted by molar-refractivity contribution is 6.03. The van der Waals surface area contributed by atoms with Crippen LogP contribution in [0.3, 0.4) is 0 Å². The fourth-order valence-electron chi connectivity index (χ4n) is 6.30. The van der Waals surface area contributed by atoms with E-state index in [1.54, 1.807) is 36.1 Å². The summed E-state index contributed by atoms with van der Waals surface area (Å²) in [6.07, 6.45) is 4.45. The highest BCUT2D eigenvalue weighted by Crippen LogP contribution is 2.40. The monoisotopic (exact) mass is 697 g/mol. The Hall–Kier alpha value is -5.17. The van der Waals surface area contributed by atoms with Crippen LogP contribution in [-0.2, 0) is 4.79 Å². The minimum absolute atomic E-state index is 0.154. The van der Waals surface area contributed by atoms with Crippen LogP contribution in [0, 0.1) is 17.7 Å². The second kappa shape index (κ2) is 14.6. The smallest absolute Gasteiger partial charge is 0.327 e. The number of rotatable bonds is 12. The minimum atomic E-state index is -0.826. The van der Waals surface area contributed by atoms with Crippen LogP contribution in [-0.4, -0.2) is 71.9 Å². The van der Waals surface area contributed by atoms with Gasteiger partial charge in [0.2, 0.25) is 5.91 Å². The Bertz CT molecular complexity index is 1950. The van der Waals surface area contributed by atoms with Gasteiger partial charge in [0.05, 0.1) is 55.0 Å². The molecule has 2 unspecified atom stereocenters. The average Bonchev–Trinajstić information content (AvgIpc) is 4.08. The first-order valence-corrected chi connectivity index (χ1v) is 17.7. The van der Waals surface area contributed by atoms with E-state index in [9.17, 15) is 18.8 Å². The summed E-state index contributed by atoms with van der Waals surface area (Å²) in [5, 5.41) is 5.21. The minimum Gasteiger partial charge on any atom is -0.493 e. The molecule has 3 aromatic carbocycles. The van der Waals surface area contributed by atoms with E-state index in [1.807, 2.05) is 30.1 Å². The fraction of sp³-hybridized carbons (Fsp3) is 0.421. The normalized spacial score (nSPS) is 17.2. The van der Waals surface area contributed by atoms with Gasteiger partial charge in [0.1, 0.15) is 17.3 Å². The van der Waals surface area contributed by atoms with Crippen molar-refractivity contribution in [1.29, 1.82) is 0 Å². The SMILES string of the molecule is CC(N)C(=O)N1CCN(n2c(C(C)N(C(=O)Nc3ccc(F)cc3)c3ccc(OCC4CC4)cc3OCC3CC3)nc3ccccc3c2=O)CC1. The summed E-state index contributed by atoms with van der Waals surface area (Å²) in [5.41, 5.74) is 6.94. The number of carbonyl (C=O) groups excluding carboxylic acids is 2. The first-order chi connectivity index (χ1) is 24.7. The molecule has 1 aromatic heterocycles. The van der Waals surface area contributed by atoms with Crippen molar-refractivity contribution in [2.24, 2.45) is 17.6 Å². The van der Waals surface area contributed by atoms with Crippen LogP contribution >= 0.6 is 0 Å². The number of amides is 3. The molecule has 7 rings (SSSR count). The Morgan fingerprint density at radius 3 is 2.27 bits per heavy atom. The zero-order valence-corrected chi connectivity index (χ0v) is 29.0. The van der Waals surface area contributed by atoms with Gasteiger partial charge in [-0.05, 0) is 99.9 Å². The lowest BCUT2D eigenvalue weighted by atomic mass is 10.1. The molecule has 2 saturated carbocycles. The molecule has 3 N–H and O–H groups in total. The summed E-state index contributed by atoms with van der Waals surface area (Å²) in [6.45, 7) is 6.01. The van der Waals surface area contributed by atoms with Gasteiger partial charge < -0.3 is 30.4 Å². The number of benzene rings is 3. The molecule has 3 aliphatic rings. The highest BCUT2D eigenvalue weighted by atomic mass is 19.1. The van der Waals surface area contributed by atoms with Crippen molar-refractivity contribution in [3.8, 4) is 11.5 Å². The van der Waals surface area contributed by atoms with Gasteiger partial charge in [-0.2, -0.15) is 0 Å². The topological polar surface area (TPSA) is 135 Å². The van der Waals surface area contributed by atoms with Crippen LogP contribution in [0.25, 0.3) is 10.9 Å². The standard InChI is InChI=1S/C38H44FN7O5/c1-24(40)36(47)43-17-19-44(20-18-43)46-35(42-32-6-4-3-5-31(32)37(46)48)25(2)45(38(49)41-29-13-11-28(39)12-14-29)33-16-15-30(50-22-26-7-8-26)21-34(33)51-23-27-9-10-27/h3-6,11-16,21,24-27H,7-10,17-20,22-23,40H2,1-2H3,(H,41,49). The molecule has 3 amide bonds. The summed E-state index contributed by atoms with van der Waals surface area (Å²) in [4.78, 5) is 49.8. The Morgan fingerprint density at radius 1 is 0.941 bits per heavy atom. The number of halogens is 1. The van der Waals surface area contributed by atoms with E-state index in [-0.39, 0.29) is 11.5 Å². The van der Waals surface area contributed by atoms with Crippen molar-refractivity contribution in [1.82, 2.24) is 14.6 Å². The van der Waals surface area contributed by atoms with E-state index >= 15 is 0 Å². The molecule has 4 aromatic rings. The molecule has 13 heteroatoms. The molecule has 2 heterocycles. The van der Waals surface area contributed by atoms with E-state index < -0.39 is 23.9 Å². The molecule has 0 bridgehead atoms. The predicted octanol–water partition coefficient (Wildman–Crippen LogP) is 5.04. The average molecular weight is 698 g/mol. The van der Waals surface area contributed by atoms with Crippen molar-refractivity contribution in [3.63, 3.8) is 0 Å². The van der Waals surface area contributed by atoms with Crippen molar-refractivity contribution in [3.05, 3.63) is 88.7 Å². The van der Waals surface area contributed by atoms with Gasteiger partial charge in [-0.25, -0.2) is 18.8 Å². The summed E-state index contributed by atoms with van der Waals surface area (Å²) >= 11 is 0. The number of piperazine rings is 1. The molecule has 12 nitrogen and oxygen atoms in total. The molecule has 0 spiro atoms. The van der Waals surface area contributed by atoms with Gasteiger partial charge in [0.25, 0.3) is 5.56 Å². The fourth-order valence-corrected chi connectivity index (χ4v) is 6.30. The first kappa shape index (κ1) is 34.3. The number of hydrogen-bond acceptors (Lipinski definition) is 8. The van der Waals surface area contributed by atoms with Crippen molar-refractivity contribution >= 4 is 34.2 Å². The molecule has 2 aliphatic carbocycles. The molecular formula is C38H44FN7O5. The number of urea groups is 1. The maximum Gasteiger partial charge on any atom is 0.327 e. The van der Waals surface area contributed by atoms with E-state index in [4.69, 9.17) is 20.2 Å². The van der Waals surface area contributed by atoms with E-state index in [2.05, 4.69) is 5.32 Å². The number of hydrogen-bond donors (Lipinski definition) is 2. The number of fused-ring (bicyclic) bond motifs is 1. The summed E-state index contributed by atoms with van der Waals surface area (Å²) in [6, 6.07) is 16.1. The molecule has 51 heavy (non-hydrogen) atoms. The van der Waals surface area contributed by atoms with Gasteiger partial charge in [0, 0.05) is 24.8 Å². The van der Waals surface area contributed by atoms with Gasteiger partial charge in [-0.3, -0.25) is 14.5 Å². The number of ether oxygens (including phenoxy) is 2. The molecule has 268 valence electrons. The van der Waals surface area contributed by atoms with Gasteiger partial charge >= 0.3 is 6.03 Å². The van der Waals surface area contributed by atoms with Gasteiger partial charge in [-0.15, -0.1) is 0 Å². The van der Waals surface area contributed by atoms with Gasteiger partial charge in [-0.1, -0.05) is 12.1 Å². The number of aromatic nitrogens is 2. The Labute approximate surface area is 295 Å². The van der Waals surface area contributed by atoms with Crippen molar-refractivity contribution in [2.45, 2.75) is 51.6 Å². The Kier molecular flexibility index (Phi) is 9.81. The molecule has 2 atom stereocenters. The molecule has 1 aliphatic heterocycles. The second-order valence-electron chi connectivity index (χ2n) is 13.8. The third kappa shape index (κ3) is 7.78. The van der Waals surface area contributed by atoms with E-state index in [1.165, 1.54) is 33.8 Å². The lowest BCUT2D eigenvalue weighted by Crippen LogP contribution is -2.58. The molecule has 0 radical (unpaired) electrons. The summed E-state index contributed by atoms with van der Waals surface area (Å²) in [5.74, 6) is 1.84. The van der Waals surface area contributed by atoms with Crippen LogP contribution in [0.5, 0.6) is 11.5 Å². The molecule has 3 fully saturated rings. The lowest BCUT2D eigenvalue weighted by molar-refractivity contribution is -0.132. The summed E-state index contributed by atoms with van der Waals surface area (Å²) < 4.78 is 27.9. The lowest BCUT2D eigenvalue weighted by Gasteiger charge is -2.39. The maximum absolute atomic E-state index is 14.5.